The summed E-state index contributed by atoms with van der Waals surface area (Å²) in [6, 6.07) is 4.53. The molecule has 1 aromatic carbocycles. The number of ketones is 1. The van der Waals surface area contributed by atoms with Crippen molar-refractivity contribution in [3.05, 3.63) is 50.1 Å². The Balaban J connectivity index is 1.87. The number of aryl methyl sites for hydroxylation is 1. The lowest BCUT2D eigenvalue weighted by Crippen LogP contribution is -2.05. The van der Waals surface area contributed by atoms with Crippen molar-refractivity contribution in [2.75, 3.05) is 0 Å². The highest BCUT2D eigenvalue weighted by Crippen LogP contribution is 2.21. The minimum atomic E-state index is -0.481. The zero-order valence-electron chi connectivity index (χ0n) is 13.3. The van der Waals surface area contributed by atoms with Crippen LogP contribution < -0.4 is 0 Å². The van der Waals surface area contributed by atoms with Crippen molar-refractivity contribution in [3.63, 3.8) is 0 Å². The highest BCUT2D eigenvalue weighted by molar-refractivity contribution is 9.10. The Morgan fingerprint density at radius 3 is 2.78 bits per heavy atom. The number of Topliss-reactive ketones (excluding diaryl/α,β-unsaturated/α-hetero) is 1. The van der Waals surface area contributed by atoms with Crippen LogP contribution in [0.4, 0.5) is 4.39 Å². The van der Waals surface area contributed by atoms with Crippen molar-refractivity contribution in [1.82, 2.24) is 4.98 Å². The first-order valence-corrected chi connectivity index (χ1v) is 9.63. The fourth-order valence-electron chi connectivity index (χ4n) is 2.39. The molecule has 0 amide bonds. The van der Waals surface area contributed by atoms with E-state index in [1.54, 1.807) is 23.6 Å². The lowest BCUT2D eigenvalue weighted by Gasteiger charge is -2.01. The first-order chi connectivity index (χ1) is 11.1. The van der Waals surface area contributed by atoms with E-state index >= 15 is 0 Å². The molecule has 0 unspecified atom stereocenters. The van der Waals surface area contributed by atoms with E-state index in [0.717, 1.165) is 22.7 Å². The van der Waals surface area contributed by atoms with E-state index in [1.807, 2.05) is 0 Å². The molecule has 23 heavy (non-hydrogen) atoms. The first-order valence-electron chi connectivity index (χ1n) is 8.02. The number of carbonyl (C=O) groups excluding carboxylic acids is 1. The summed E-state index contributed by atoms with van der Waals surface area (Å²) in [6.07, 6.45) is 9.11. The third-order valence-electron chi connectivity index (χ3n) is 3.66. The van der Waals surface area contributed by atoms with Gasteiger partial charge in [0, 0.05) is 22.0 Å². The van der Waals surface area contributed by atoms with Gasteiger partial charge in [0.25, 0.3) is 0 Å². The van der Waals surface area contributed by atoms with Crippen molar-refractivity contribution in [2.45, 2.75) is 51.9 Å². The standard InChI is InChI=1S/C18H21BrFNOS/c1-2-3-4-5-6-7-18-21-12-14(23-18)11-17(22)15-9-8-13(19)10-16(15)20/h8-10,12H,2-7,11H2,1H3. The molecular weight excluding hydrogens is 377 g/mol. The number of benzene rings is 1. The molecule has 0 atom stereocenters. The number of hydrogen-bond acceptors (Lipinski definition) is 3. The Hall–Kier alpha value is -1.07. The Morgan fingerprint density at radius 1 is 1.26 bits per heavy atom. The molecule has 0 radical (unpaired) electrons. The quantitative estimate of drug-likeness (QED) is 0.384. The average Bonchev–Trinajstić information content (AvgIpc) is 2.94. The molecule has 124 valence electrons. The van der Waals surface area contributed by atoms with Crippen LogP contribution in [-0.4, -0.2) is 10.8 Å². The van der Waals surface area contributed by atoms with Gasteiger partial charge < -0.3 is 0 Å². The van der Waals surface area contributed by atoms with Gasteiger partial charge in [-0.1, -0.05) is 48.5 Å². The third-order valence-corrected chi connectivity index (χ3v) is 5.21. The van der Waals surface area contributed by atoms with Gasteiger partial charge in [0.05, 0.1) is 10.6 Å². The second-order valence-electron chi connectivity index (χ2n) is 5.61. The van der Waals surface area contributed by atoms with Crippen LogP contribution in [0.25, 0.3) is 0 Å². The number of halogens is 2. The molecule has 0 fully saturated rings. The summed E-state index contributed by atoms with van der Waals surface area (Å²) in [5, 5.41) is 1.07. The van der Waals surface area contributed by atoms with Gasteiger partial charge in [-0.25, -0.2) is 9.37 Å². The van der Waals surface area contributed by atoms with Gasteiger partial charge in [-0.05, 0) is 31.0 Å². The second-order valence-corrected chi connectivity index (χ2v) is 7.72. The Labute approximate surface area is 149 Å². The van der Waals surface area contributed by atoms with E-state index < -0.39 is 5.82 Å². The SMILES string of the molecule is CCCCCCCc1ncc(CC(=O)c2ccc(Br)cc2F)s1. The van der Waals surface area contributed by atoms with Crippen molar-refractivity contribution in [1.29, 1.82) is 0 Å². The molecule has 2 rings (SSSR count). The van der Waals surface area contributed by atoms with Gasteiger partial charge in [-0.3, -0.25) is 4.79 Å². The molecule has 0 N–H and O–H groups in total. The smallest absolute Gasteiger partial charge is 0.171 e. The maximum Gasteiger partial charge on any atom is 0.171 e. The highest BCUT2D eigenvalue weighted by atomic mass is 79.9. The lowest BCUT2D eigenvalue weighted by molar-refractivity contribution is 0.0990. The monoisotopic (exact) mass is 397 g/mol. The molecule has 2 aromatic rings. The van der Waals surface area contributed by atoms with E-state index in [1.165, 1.54) is 37.8 Å². The fraction of sp³-hybridized carbons (Fsp3) is 0.444. The first kappa shape index (κ1) is 18.3. The zero-order chi connectivity index (χ0) is 16.7. The maximum absolute atomic E-state index is 13.8. The molecule has 0 spiro atoms. The van der Waals surface area contributed by atoms with Crippen molar-refractivity contribution in [2.24, 2.45) is 0 Å². The minimum Gasteiger partial charge on any atom is -0.294 e. The molecule has 0 saturated carbocycles. The lowest BCUT2D eigenvalue weighted by atomic mass is 10.1. The molecule has 0 aliphatic carbocycles. The van der Waals surface area contributed by atoms with Crippen molar-refractivity contribution < 1.29 is 9.18 Å². The largest absolute Gasteiger partial charge is 0.294 e. The Kier molecular flexibility index (Phi) is 7.37. The fourth-order valence-corrected chi connectivity index (χ4v) is 3.69. The number of unbranched alkanes of at least 4 members (excludes halogenated alkanes) is 4. The molecular formula is C18H21BrFNOS. The number of aromatic nitrogens is 1. The van der Waals surface area contributed by atoms with Crippen LogP contribution in [0.3, 0.4) is 0 Å². The molecule has 5 heteroatoms. The van der Waals surface area contributed by atoms with E-state index in [4.69, 9.17) is 0 Å². The molecule has 0 aliphatic heterocycles. The summed E-state index contributed by atoms with van der Waals surface area (Å²) in [5.41, 5.74) is 0.141. The van der Waals surface area contributed by atoms with E-state index in [2.05, 4.69) is 27.8 Å². The van der Waals surface area contributed by atoms with Crippen LogP contribution in [0.15, 0.2) is 28.9 Å². The van der Waals surface area contributed by atoms with Crippen LogP contribution in [0.2, 0.25) is 0 Å². The molecule has 0 bridgehead atoms. The summed E-state index contributed by atoms with van der Waals surface area (Å²) in [6.45, 7) is 2.21. The van der Waals surface area contributed by atoms with Crippen LogP contribution in [0.5, 0.6) is 0 Å². The Bertz CT molecular complexity index is 656. The molecule has 1 aromatic heterocycles. The van der Waals surface area contributed by atoms with Crippen LogP contribution in [-0.2, 0) is 12.8 Å². The summed E-state index contributed by atoms with van der Waals surface area (Å²) in [4.78, 5) is 17.5. The van der Waals surface area contributed by atoms with E-state index in [0.29, 0.717) is 4.47 Å². The van der Waals surface area contributed by atoms with E-state index in [-0.39, 0.29) is 17.8 Å². The van der Waals surface area contributed by atoms with Gasteiger partial charge >= 0.3 is 0 Å². The van der Waals surface area contributed by atoms with Crippen LogP contribution >= 0.6 is 27.3 Å². The van der Waals surface area contributed by atoms with E-state index in [9.17, 15) is 9.18 Å². The number of rotatable bonds is 9. The minimum absolute atomic E-state index is 0.141. The van der Waals surface area contributed by atoms with Gasteiger partial charge in [0.1, 0.15) is 5.82 Å². The van der Waals surface area contributed by atoms with Gasteiger partial charge in [-0.15, -0.1) is 11.3 Å². The van der Waals surface area contributed by atoms with Crippen LogP contribution in [0.1, 0.15) is 59.3 Å². The number of hydrogen-bond donors (Lipinski definition) is 0. The summed E-state index contributed by atoms with van der Waals surface area (Å²) in [5.74, 6) is -0.682. The van der Waals surface area contributed by atoms with Gasteiger partial charge in [0.15, 0.2) is 5.78 Å². The number of thiazole rings is 1. The topological polar surface area (TPSA) is 30.0 Å². The second kappa shape index (κ2) is 9.28. The van der Waals surface area contributed by atoms with Crippen molar-refractivity contribution >= 4 is 33.0 Å². The molecule has 1 heterocycles. The number of nitrogens with zero attached hydrogens (tertiary/aromatic N) is 1. The predicted octanol–water partition coefficient (Wildman–Crippen LogP) is 5.98. The van der Waals surface area contributed by atoms with Gasteiger partial charge in [-0.2, -0.15) is 0 Å². The summed E-state index contributed by atoms with van der Waals surface area (Å²) >= 11 is 4.76. The highest BCUT2D eigenvalue weighted by Gasteiger charge is 2.14. The van der Waals surface area contributed by atoms with Crippen LogP contribution in [0, 0.1) is 5.82 Å². The predicted molar refractivity (Wildman–Crippen MR) is 96.7 cm³/mol. The third kappa shape index (κ3) is 5.81. The normalized spacial score (nSPS) is 10.9. The summed E-state index contributed by atoms with van der Waals surface area (Å²) in [7, 11) is 0. The average molecular weight is 398 g/mol. The zero-order valence-corrected chi connectivity index (χ0v) is 15.7. The molecule has 0 aliphatic rings. The number of carbonyl (C=O) groups is 1. The summed E-state index contributed by atoms with van der Waals surface area (Å²) < 4.78 is 14.4. The molecule has 2 nitrogen and oxygen atoms in total. The van der Waals surface area contributed by atoms with Crippen molar-refractivity contribution in [3.8, 4) is 0 Å². The Morgan fingerprint density at radius 2 is 2.04 bits per heavy atom. The van der Waals surface area contributed by atoms with Gasteiger partial charge in [0.2, 0.25) is 0 Å². The maximum atomic E-state index is 13.8. The molecule has 0 saturated heterocycles.